The van der Waals surface area contributed by atoms with Gasteiger partial charge in [0, 0.05) is 26.3 Å². The molecule has 1 aromatic rings. The van der Waals surface area contributed by atoms with Gasteiger partial charge in [-0.3, -0.25) is 14.3 Å². The molecule has 1 saturated carbocycles. The molecular formula is C13H17N3O3. The molecule has 1 amide bonds. The van der Waals surface area contributed by atoms with Crippen molar-refractivity contribution in [3.05, 3.63) is 18.0 Å². The highest BCUT2D eigenvalue weighted by atomic mass is 16.4. The number of carbonyl (C=O) groups excluding carboxylic acids is 1. The highest BCUT2D eigenvalue weighted by molar-refractivity contribution is 5.92. The fraction of sp³-hybridized carbons (Fsp3) is 0.615. The standard InChI is InChI=1S/C13H17N3O3/c1-15-10(2-5-14-15)11(17)16-6-3-13(4-7-16)8-9(13)12(18)19/h2,5,9H,3-4,6-8H2,1H3,(H,18,19). The number of aromatic nitrogens is 2. The van der Waals surface area contributed by atoms with Gasteiger partial charge in [0.05, 0.1) is 5.92 Å². The summed E-state index contributed by atoms with van der Waals surface area (Å²) < 4.78 is 1.57. The topological polar surface area (TPSA) is 75.4 Å². The number of hydrogen-bond acceptors (Lipinski definition) is 3. The molecule has 3 rings (SSSR count). The molecule has 19 heavy (non-hydrogen) atoms. The third kappa shape index (κ3) is 1.91. The van der Waals surface area contributed by atoms with Crippen LogP contribution in [-0.2, 0) is 11.8 Å². The summed E-state index contributed by atoms with van der Waals surface area (Å²) in [5, 5.41) is 13.0. The van der Waals surface area contributed by atoms with E-state index in [1.165, 1.54) is 0 Å². The molecule has 1 unspecified atom stereocenters. The Labute approximate surface area is 111 Å². The second kappa shape index (κ2) is 4.08. The lowest BCUT2D eigenvalue weighted by Crippen LogP contribution is -2.40. The number of piperidine rings is 1. The Bertz CT molecular complexity index is 529. The maximum atomic E-state index is 12.3. The van der Waals surface area contributed by atoms with Crippen LogP contribution in [-0.4, -0.2) is 44.8 Å². The molecule has 1 atom stereocenters. The van der Waals surface area contributed by atoms with Gasteiger partial charge in [0.15, 0.2) is 0 Å². The van der Waals surface area contributed by atoms with Crippen LogP contribution in [0.1, 0.15) is 29.8 Å². The van der Waals surface area contributed by atoms with E-state index in [1.54, 1.807) is 28.9 Å². The summed E-state index contributed by atoms with van der Waals surface area (Å²) >= 11 is 0. The molecule has 1 saturated heterocycles. The van der Waals surface area contributed by atoms with Crippen molar-refractivity contribution in [1.29, 1.82) is 0 Å². The summed E-state index contributed by atoms with van der Waals surface area (Å²) in [6.45, 7) is 1.29. The maximum absolute atomic E-state index is 12.3. The lowest BCUT2D eigenvalue weighted by Gasteiger charge is -2.32. The number of amides is 1. The Hall–Kier alpha value is -1.85. The van der Waals surface area contributed by atoms with Crippen LogP contribution in [0.25, 0.3) is 0 Å². The third-order valence-electron chi connectivity index (χ3n) is 4.57. The van der Waals surface area contributed by atoms with Gasteiger partial charge in [-0.2, -0.15) is 5.10 Å². The average molecular weight is 263 g/mol. The first-order valence-corrected chi connectivity index (χ1v) is 6.54. The lowest BCUT2D eigenvalue weighted by molar-refractivity contribution is -0.139. The minimum Gasteiger partial charge on any atom is -0.481 e. The van der Waals surface area contributed by atoms with Gasteiger partial charge in [-0.15, -0.1) is 0 Å². The van der Waals surface area contributed by atoms with Gasteiger partial charge < -0.3 is 10.0 Å². The summed E-state index contributed by atoms with van der Waals surface area (Å²) in [6, 6.07) is 1.71. The molecule has 2 fully saturated rings. The van der Waals surface area contributed by atoms with E-state index in [1.807, 2.05) is 0 Å². The summed E-state index contributed by atoms with van der Waals surface area (Å²) in [7, 11) is 1.75. The van der Waals surface area contributed by atoms with E-state index >= 15 is 0 Å². The Morgan fingerprint density at radius 1 is 1.42 bits per heavy atom. The van der Waals surface area contributed by atoms with Gasteiger partial charge in [0.25, 0.3) is 5.91 Å². The van der Waals surface area contributed by atoms with Crippen LogP contribution in [0.5, 0.6) is 0 Å². The lowest BCUT2D eigenvalue weighted by atomic mass is 9.90. The smallest absolute Gasteiger partial charge is 0.307 e. The summed E-state index contributed by atoms with van der Waals surface area (Å²) in [5.74, 6) is -0.893. The Morgan fingerprint density at radius 3 is 2.58 bits per heavy atom. The Morgan fingerprint density at radius 2 is 2.11 bits per heavy atom. The molecule has 2 heterocycles. The molecule has 1 spiro atoms. The maximum Gasteiger partial charge on any atom is 0.307 e. The summed E-state index contributed by atoms with van der Waals surface area (Å²) in [6.07, 6.45) is 3.98. The van der Waals surface area contributed by atoms with Crippen molar-refractivity contribution in [3.63, 3.8) is 0 Å². The summed E-state index contributed by atoms with van der Waals surface area (Å²) in [5.41, 5.74) is 0.552. The number of hydrogen-bond donors (Lipinski definition) is 1. The largest absolute Gasteiger partial charge is 0.481 e. The quantitative estimate of drug-likeness (QED) is 0.854. The zero-order chi connectivity index (χ0) is 13.6. The molecular weight excluding hydrogens is 246 g/mol. The number of carboxylic acids is 1. The number of aryl methyl sites for hydroxylation is 1. The average Bonchev–Trinajstić information content (AvgIpc) is 2.92. The highest BCUT2D eigenvalue weighted by Gasteiger charge is 2.59. The van der Waals surface area contributed by atoms with Gasteiger partial charge in [-0.05, 0) is 30.7 Å². The molecule has 0 aromatic carbocycles. The third-order valence-corrected chi connectivity index (χ3v) is 4.57. The van der Waals surface area contributed by atoms with Gasteiger partial charge in [-0.1, -0.05) is 0 Å². The van der Waals surface area contributed by atoms with Crippen molar-refractivity contribution in [1.82, 2.24) is 14.7 Å². The zero-order valence-electron chi connectivity index (χ0n) is 10.9. The minimum atomic E-state index is -0.689. The molecule has 2 aliphatic rings. The van der Waals surface area contributed by atoms with Gasteiger partial charge in [0.1, 0.15) is 5.69 Å². The molecule has 6 heteroatoms. The van der Waals surface area contributed by atoms with Crippen molar-refractivity contribution in [3.8, 4) is 0 Å². The van der Waals surface area contributed by atoms with E-state index in [-0.39, 0.29) is 17.2 Å². The number of nitrogens with zero attached hydrogens (tertiary/aromatic N) is 3. The molecule has 6 nitrogen and oxygen atoms in total. The fourth-order valence-electron chi connectivity index (χ4n) is 3.15. The van der Waals surface area contributed by atoms with Gasteiger partial charge in [-0.25, -0.2) is 0 Å². The van der Waals surface area contributed by atoms with Crippen LogP contribution < -0.4 is 0 Å². The van der Waals surface area contributed by atoms with Crippen LogP contribution in [0, 0.1) is 11.3 Å². The second-order valence-corrected chi connectivity index (χ2v) is 5.59. The van der Waals surface area contributed by atoms with Gasteiger partial charge in [0.2, 0.25) is 0 Å². The van der Waals surface area contributed by atoms with Crippen molar-refractivity contribution in [2.75, 3.05) is 13.1 Å². The van der Waals surface area contributed by atoms with Crippen molar-refractivity contribution in [2.24, 2.45) is 18.4 Å². The minimum absolute atomic E-state index is 0.0117. The molecule has 1 aromatic heterocycles. The van der Waals surface area contributed by atoms with E-state index in [0.29, 0.717) is 18.8 Å². The Kier molecular flexibility index (Phi) is 2.62. The van der Waals surface area contributed by atoms with Crippen LogP contribution in [0.4, 0.5) is 0 Å². The van der Waals surface area contributed by atoms with E-state index in [4.69, 9.17) is 5.11 Å². The van der Waals surface area contributed by atoms with E-state index in [9.17, 15) is 9.59 Å². The van der Waals surface area contributed by atoms with Crippen molar-refractivity contribution in [2.45, 2.75) is 19.3 Å². The first-order valence-electron chi connectivity index (χ1n) is 6.54. The first-order chi connectivity index (χ1) is 9.03. The highest BCUT2D eigenvalue weighted by Crippen LogP contribution is 2.59. The van der Waals surface area contributed by atoms with E-state index in [2.05, 4.69) is 5.10 Å². The van der Waals surface area contributed by atoms with Crippen LogP contribution in [0.3, 0.4) is 0 Å². The molecule has 1 N–H and O–H groups in total. The summed E-state index contributed by atoms with van der Waals surface area (Å²) in [4.78, 5) is 25.1. The molecule has 0 radical (unpaired) electrons. The molecule has 0 bridgehead atoms. The van der Waals surface area contributed by atoms with Gasteiger partial charge >= 0.3 is 5.97 Å². The van der Waals surface area contributed by atoms with Crippen LogP contribution in [0.15, 0.2) is 12.3 Å². The molecule has 1 aliphatic carbocycles. The second-order valence-electron chi connectivity index (χ2n) is 5.59. The number of carbonyl (C=O) groups is 2. The number of rotatable bonds is 2. The Balaban J connectivity index is 1.64. The first kappa shape index (κ1) is 12.2. The van der Waals surface area contributed by atoms with Crippen molar-refractivity contribution >= 4 is 11.9 Å². The SMILES string of the molecule is Cn1nccc1C(=O)N1CCC2(CC1)CC2C(=O)O. The van der Waals surface area contributed by atoms with E-state index < -0.39 is 5.97 Å². The number of carboxylic acid groups (broad SMARTS) is 1. The predicted octanol–water partition coefficient (Wildman–Crippen LogP) is 0.747. The zero-order valence-corrected chi connectivity index (χ0v) is 10.9. The van der Waals surface area contributed by atoms with Crippen LogP contribution >= 0.6 is 0 Å². The molecule has 102 valence electrons. The number of aliphatic carboxylic acids is 1. The number of likely N-dealkylation sites (tertiary alicyclic amines) is 1. The molecule has 1 aliphatic heterocycles. The normalized spacial score (nSPS) is 24.5. The van der Waals surface area contributed by atoms with E-state index in [0.717, 1.165) is 19.3 Å². The van der Waals surface area contributed by atoms with Crippen LogP contribution in [0.2, 0.25) is 0 Å². The predicted molar refractivity (Wildman–Crippen MR) is 66.5 cm³/mol. The monoisotopic (exact) mass is 263 g/mol. The fourth-order valence-corrected chi connectivity index (χ4v) is 3.15. The van der Waals surface area contributed by atoms with Crippen molar-refractivity contribution < 1.29 is 14.7 Å².